The van der Waals surface area contributed by atoms with Crippen molar-refractivity contribution in [2.24, 2.45) is 0 Å². The minimum absolute atomic E-state index is 0.0420. The molecule has 0 aliphatic carbocycles. The Morgan fingerprint density at radius 1 is 1.47 bits per heavy atom. The zero-order valence-corrected chi connectivity index (χ0v) is 13.3. The summed E-state index contributed by atoms with van der Waals surface area (Å²) in [5.74, 6) is 0.618. The van der Waals surface area contributed by atoms with Crippen molar-refractivity contribution in [3.63, 3.8) is 0 Å². The summed E-state index contributed by atoms with van der Waals surface area (Å²) in [6.07, 6.45) is 0. The summed E-state index contributed by atoms with van der Waals surface area (Å²) < 4.78 is 32.5. The Kier molecular flexibility index (Phi) is 4.50. The van der Waals surface area contributed by atoms with Gasteiger partial charge in [-0.25, -0.2) is 8.42 Å². The average Bonchev–Trinajstić information content (AvgIpc) is 2.39. The van der Waals surface area contributed by atoms with Crippen molar-refractivity contribution < 1.29 is 13.2 Å². The summed E-state index contributed by atoms with van der Waals surface area (Å²) >= 11 is 3.32. The smallest absolute Gasteiger partial charge is 0.243 e. The molecule has 1 aliphatic rings. The predicted octanol–water partition coefficient (Wildman–Crippen LogP) is 1.44. The minimum atomic E-state index is -3.45. The number of ether oxygens (including phenoxy) is 1. The lowest BCUT2D eigenvalue weighted by Gasteiger charge is -2.32. The van der Waals surface area contributed by atoms with Gasteiger partial charge < -0.3 is 10.1 Å². The monoisotopic (exact) mass is 348 g/mol. The fourth-order valence-electron chi connectivity index (χ4n) is 2.12. The molecule has 1 aromatic rings. The molecule has 1 heterocycles. The Morgan fingerprint density at radius 3 is 2.79 bits per heavy atom. The highest BCUT2D eigenvalue weighted by Crippen LogP contribution is 2.29. The number of nitrogens with one attached hydrogen (secondary N) is 1. The number of hydrogen-bond donors (Lipinski definition) is 1. The third-order valence-corrected chi connectivity index (χ3v) is 5.80. The summed E-state index contributed by atoms with van der Waals surface area (Å²) in [6.45, 7) is 3.76. The summed E-state index contributed by atoms with van der Waals surface area (Å²) in [7, 11) is -1.90. The largest absolute Gasteiger partial charge is 0.496 e. The molecule has 1 fully saturated rings. The molecule has 1 N–H and O–H groups in total. The number of nitrogens with zero attached hydrogens (tertiary/aromatic N) is 1. The van der Waals surface area contributed by atoms with E-state index in [1.165, 1.54) is 4.31 Å². The van der Waals surface area contributed by atoms with Gasteiger partial charge in [-0.1, -0.05) is 0 Å². The molecule has 0 radical (unpaired) electrons. The van der Waals surface area contributed by atoms with E-state index in [0.717, 1.165) is 0 Å². The third kappa shape index (κ3) is 2.94. The van der Waals surface area contributed by atoms with Gasteiger partial charge in [0, 0.05) is 25.7 Å². The van der Waals surface area contributed by atoms with E-state index in [2.05, 4.69) is 21.2 Å². The minimum Gasteiger partial charge on any atom is -0.496 e. The van der Waals surface area contributed by atoms with E-state index in [1.54, 1.807) is 25.3 Å². The van der Waals surface area contributed by atoms with Crippen LogP contribution in [0.25, 0.3) is 0 Å². The van der Waals surface area contributed by atoms with Gasteiger partial charge in [0.05, 0.1) is 16.5 Å². The highest BCUT2D eigenvalue weighted by molar-refractivity contribution is 9.10. The van der Waals surface area contributed by atoms with Crippen LogP contribution in [0, 0.1) is 0 Å². The van der Waals surface area contributed by atoms with Crippen LogP contribution in [0.15, 0.2) is 27.6 Å². The summed E-state index contributed by atoms with van der Waals surface area (Å²) in [5, 5.41) is 3.18. The summed E-state index contributed by atoms with van der Waals surface area (Å²) in [6, 6.07) is 4.78. The molecule has 0 unspecified atom stereocenters. The number of piperazine rings is 1. The van der Waals surface area contributed by atoms with Crippen molar-refractivity contribution >= 4 is 26.0 Å². The average molecular weight is 349 g/mol. The molecule has 0 aromatic heterocycles. The van der Waals surface area contributed by atoms with Crippen LogP contribution in [-0.2, 0) is 10.0 Å². The first-order valence-electron chi connectivity index (χ1n) is 6.03. The van der Waals surface area contributed by atoms with E-state index in [4.69, 9.17) is 4.74 Å². The maximum atomic E-state index is 12.6. The second-order valence-electron chi connectivity index (χ2n) is 4.47. The normalized spacial score (nSPS) is 21.3. The first-order valence-corrected chi connectivity index (χ1v) is 8.26. The van der Waals surface area contributed by atoms with Gasteiger partial charge in [0.25, 0.3) is 0 Å². The number of benzene rings is 1. The molecule has 0 saturated carbocycles. The number of sulfonamides is 1. The Morgan fingerprint density at radius 2 is 2.21 bits per heavy atom. The lowest BCUT2D eigenvalue weighted by molar-refractivity contribution is 0.284. The Balaban J connectivity index is 2.36. The summed E-state index contributed by atoms with van der Waals surface area (Å²) in [4.78, 5) is 0.286. The second kappa shape index (κ2) is 5.78. The zero-order chi connectivity index (χ0) is 14.0. The topological polar surface area (TPSA) is 58.6 Å². The molecular formula is C12H17BrN2O3S. The predicted molar refractivity (Wildman–Crippen MR) is 76.9 cm³/mol. The lowest BCUT2D eigenvalue weighted by Crippen LogP contribution is -2.52. The Hall–Kier alpha value is -0.630. The molecule has 2 rings (SSSR count). The molecule has 0 spiro atoms. The molecule has 106 valence electrons. The van der Waals surface area contributed by atoms with Crippen LogP contribution < -0.4 is 10.1 Å². The Labute approximate surface area is 122 Å². The summed E-state index contributed by atoms with van der Waals surface area (Å²) in [5.41, 5.74) is 0. The van der Waals surface area contributed by atoms with Crippen LogP contribution in [0.1, 0.15) is 6.92 Å². The molecule has 0 amide bonds. The van der Waals surface area contributed by atoms with Gasteiger partial charge in [0.1, 0.15) is 5.75 Å². The van der Waals surface area contributed by atoms with Crippen LogP contribution in [0.2, 0.25) is 0 Å². The van der Waals surface area contributed by atoms with Crippen molar-refractivity contribution in [3.8, 4) is 5.75 Å². The molecule has 1 aliphatic heterocycles. The maximum absolute atomic E-state index is 12.6. The molecule has 0 bridgehead atoms. The number of halogens is 1. The van der Waals surface area contributed by atoms with Crippen molar-refractivity contribution in [1.82, 2.24) is 9.62 Å². The van der Waals surface area contributed by atoms with Crippen molar-refractivity contribution in [2.75, 3.05) is 26.7 Å². The Bertz CT molecular complexity index is 562. The number of hydrogen-bond acceptors (Lipinski definition) is 4. The standard InChI is InChI=1S/C12H17BrN2O3S/c1-9-8-14-5-6-15(9)19(16,17)10-3-4-12(18-2)11(13)7-10/h3-4,7,9,14H,5-6,8H2,1-2H3/t9-/m1/s1. The second-order valence-corrected chi connectivity index (χ2v) is 7.21. The van der Waals surface area contributed by atoms with E-state index in [0.29, 0.717) is 29.9 Å². The van der Waals surface area contributed by atoms with Crippen molar-refractivity contribution in [1.29, 1.82) is 0 Å². The molecule has 1 atom stereocenters. The third-order valence-electron chi connectivity index (χ3n) is 3.17. The molecule has 19 heavy (non-hydrogen) atoms. The van der Waals surface area contributed by atoms with E-state index >= 15 is 0 Å². The van der Waals surface area contributed by atoms with Crippen LogP contribution in [0.3, 0.4) is 0 Å². The molecule has 5 nitrogen and oxygen atoms in total. The molecule has 1 saturated heterocycles. The fourth-order valence-corrected chi connectivity index (χ4v) is 4.47. The van der Waals surface area contributed by atoms with Crippen LogP contribution in [0.5, 0.6) is 5.75 Å². The number of methoxy groups -OCH3 is 1. The van der Waals surface area contributed by atoms with Gasteiger partial charge in [0.15, 0.2) is 0 Å². The lowest BCUT2D eigenvalue weighted by atomic mass is 10.3. The van der Waals surface area contributed by atoms with Crippen LogP contribution in [-0.4, -0.2) is 45.5 Å². The molecule has 7 heteroatoms. The van der Waals surface area contributed by atoms with Gasteiger partial charge >= 0.3 is 0 Å². The first-order chi connectivity index (χ1) is 8.96. The van der Waals surface area contributed by atoms with Crippen LogP contribution in [0.4, 0.5) is 0 Å². The highest BCUT2D eigenvalue weighted by Gasteiger charge is 2.31. The van der Waals surface area contributed by atoms with E-state index < -0.39 is 10.0 Å². The van der Waals surface area contributed by atoms with Gasteiger partial charge in [-0.2, -0.15) is 4.31 Å². The fraction of sp³-hybridized carbons (Fsp3) is 0.500. The van der Waals surface area contributed by atoms with Gasteiger partial charge in [-0.15, -0.1) is 0 Å². The van der Waals surface area contributed by atoms with Crippen LogP contribution >= 0.6 is 15.9 Å². The zero-order valence-electron chi connectivity index (χ0n) is 10.9. The van der Waals surface area contributed by atoms with E-state index in [1.807, 2.05) is 6.92 Å². The van der Waals surface area contributed by atoms with Crippen molar-refractivity contribution in [3.05, 3.63) is 22.7 Å². The van der Waals surface area contributed by atoms with Gasteiger partial charge in [-0.05, 0) is 41.1 Å². The van der Waals surface area contributed by atoms with Gasteiger partial charge in [0.2, 0.25) is 10.0 Å². The van der Waals surface area contributed by atoms with Gasteiger partial charge in [-0.3, -0.25) is 0 Å². The highest BCUT2D eigenvalue weighted by atomic mass is 79.9. The maximum Gasteiger partial charge on any atom is 0.243 e. The van der Waals surface area contributed by atoms with Crippen molar-refractivity contribution in [2.45, 2.75) is 17.9 Å². The first kappa shape index (κ1) is 14.8. The quantitative estimate of drug-likeness (QED) is 0.897. The molecular weight excluding hydrogens is 332 g/mol. The van der Waals surface area contributed by atoms with E-state index in [-0.39, 0.29) is 10.9 Å². The van der Waals surface area contributed by atoms with E-state index in [9.17, 15) is 8.42 Å². The number of rotatable bonds is 3. The SMILES string of the molecule is COc1ccc(S(=O)(=O)N2CCNC[C@H]2C)cc1Br. The molecule has 1 aromatic carbocycles.